The topological polar surface area (TPSA) is 65.1 Å². The van der Waals surface area contributed by atoms with Crippen LogP contribution < -0.4 is 16.1 Å². The van der Waals surface area contributed by atoms with Crippen LogP contribution in [0.4, 0.5) is 11.6 Å². The molecule has 3 heterocycles. The van der Waals surface area contributed by atoms with Crippen LogP contribution in [0.2, 0.25) is 0 Å². The predicted molar refractivity (Wildman–Crippen MR) is 121 cm³/mol. The third kappa shape index (κ3) is 3.68. The van der Waals surface area contributed by atoms with E-state index in [1.807, 2.05) is 34.9 Å². The number of hydrogen-bond donors (Lipinski definition) is 0. The summed E-state index contributed by atoms with van der Waals surface area (Å²) in [6, 6.07) is 10.1. The van der Waals surface area contributed by atoms with Crippen LogP contribution in [-0.4, -0.2) is 25.2 Å². The number of aryl methyl sites for hydroxylation is 2. The van der Waals surface area contributed by atoms with Gasteiger partial charge in [0.05, 0.1) is 0 Å². The van der Waals surface area contributed by atoms with Crippen molar-refractivity contribution in [3.63, 3.8) is 0 Å². The zero-order valence-corrected chi connectivity index (χ0v) is 18.0. The monoisotopic (exact) mass is 409 g/mol. The van der Waals surface area contributed by atoms with Crippen LogP contribution in [0.1, 0.15) is 51.9 Å². The minimum Gasteiger partial charge on any atom is -0.312 e. The number of para-hydroxylation sites is 1. The van der Waals surface area contributed by atoms with Crippen molar-refractivity contribution in [2.75, 3.05) is 11.4 Å². The molecule has 7 nitrogen and oxygen atoms in total. The molecule has 1 aliphatic heterocycles. The zero-order chi connectivity index (χ0) is 21.1. The molecular weight excluding hydrogens is 378 g/mol. The molecule has 160 valence electrons. The van der Waals surface area contributed by atoms with E-state index in [9.17, 15) is 9.59 Å². The summed E-state index contributed by atoms with van der Waals surface area (Å²) < 4.78 is 4.92. The molecule has 1 aromatic carbocycles. The Morgan fingerprint density at radius 2 is 1.70 bits per heavy atom. The number of anilines is 2. The van der Waals surface area contributed by atoms with E-state index in [1.165, 1.54) is 28.4 Å². The van der Waals surface area contributed by atoms with Crippen molar-refractivity contribution in [1.29, 1.82) is 0 Å². The fourth-order valence-corrected chi connectivity index (χ4v) is 4.36. The van der Waals surface area contributed by atoms with E-state index >= 15 is 0 Å². The first-order valence-electron chi connectivity index (χ1n) is 11.2. The van der Waals surface area contributed by atoms with E-state index in [0.717, 1.165) is 50.4 Å². The van der Waals surface area contributed by atoms with Gasteiger partial charge in [0.25, 0.3) is 5.56 Å². The minimum absolute atomic E-state index is 0.213. The van der Waals surface area contributed by atoms with Crippen molar-refractivity contribution in [2.24, 2.45) is 7.05 Å². The van der Waals surface area contributed by atoms with Gasteiger partial charge >= 0.3 is 5.69 Å². The molecular formula is C23H31N5O2. The predicted octanol–water partition coefficient (Wildman–Crippen LogP) is 3.80. The molecule has 0 radical (unpaired) electrons. The van der Waals surface area contributed by atoms with Crippen molar-refractivity contribution in [3.8, 4) is 0 Å². The van der Waals surface area contributed by atoms with Gasteiger partial charge in [-0.1, -0.05) is 57.2 Å². The molecule has 1 aliphatic rings. The highest BCUT2D eigenvalue weighted by Crippen LogP contribution is 2.30. The van der Waals surface area contributed by atoms with Gasteiger partial charge in [-0.25, -0.2) is 4.79 Å². The van der Waals surface area contributed by atoms with Crippen LogP contribution in [0.25, 0.3) is 11.2 Å². The average molecular weight is 410 g/mol. The normalized spacial score (nSPS) is 13.7. The Bertz CT molecular complexity index is 1130. The molecule has 0 N–H and O–H groups in total. The van der Waals surface area contributed by atoms with Gasteiger partial charge in [-0.15, -0.1) is 0 Å². The van der Waals surface area contributed by atoms with Gasteiger partial charge in [0.15, 0.2) is 11.2 Å². The van der Waals surface area contributed by atoms with E-state index in [-0.39, 0.29) is 11.2 Å². The summed E-state index contributed by atoms with van der Waals surface area (Å²) in [6.45, 7) is 4.24. The first kappa shape index (κ1) is 20.4. The highest BCUT2D eigenvalue weighted by molar-refractivity contribution is 5.77. The molecule has 0 amide bonds. The number of imidazole rings is 1. The standard InChI is InChI=1S/C23H31N5O2/c1-3-4-5-6-7-11-15-28-21(29)19-20(25(2)23(28)30)24-22-26(16-12-17-27(19)22)18-13-9-8-10-14-18/h8-10,13-14H,3-7,11-12,15-17H2,1-2H3. The molecule has 0 atom stereocenters. The molecule has 0 aliphatic carbocycles. The Labute approximate surface area is 176 Å². The molecule has 30 heavy (non-hydrogen) atoms. The van der Waals surface area contributed by atoms with Gasteiger partial charge < -0.3 is 9.47 Å². The van der Waals surface area contributed by atoms with E-state index in [2.05, 4.69) is 11.8 Å². The molecule has 0 saturated heterocycles. The second kappa shape index (κ2) is 8.90. The Morgan fingerprint density at radius 1 is 0.967 bits per heavy atom. The highest BCUT2D eigenvalue weighted by Gasteiger charge is 2.26. The van der Waals surface area contributed by atoms with Crippen molar-refractivity contribution in [2.45, 2.75) is 65.0 Å². The third-order valence-corrected chi connectivity index (χ3v) is 6.02. The number of unbranched alkanes of at least 4 members (excludes halogenated alkanes) is 5. The van der Waals surface area contributed by atoms with E-state index in [4.69, 9.17) is 4.98 Å². The number of aromatic nitrogens is 4. The average Bonchev–Trinajstić information content (AvgIpc) is 3.17. The molecule has 0 fully saturated rings. The number of benzene rings is 1. The summed E-state index contributed by atoms with van der Waals surface area (Å²) in [7, 11) is 1.72. The Kier molecular flexibility index (Phi) is 6.06. The van der Waals surface area contributed by atoms with Crippen LogP contribution in [0, 0.1) is 0 Å². The number of hydrogen-bond acceptors (Lipinski definition) is 4. The fourth-order valence-electron chi connectivity index (χ4n) is 4.36. The van der Waals surface area contributed by atoms with Crippen molar-refractivity contribution in [3.05, 3.63) is 51.2 Å². The van der Waals surface area contributed by atoms with Crippen molar-refractivity contribution in [1.82, 2.24) is 18.7 Å². The quantitative estimate of drug-likeness (QED) is 0.531. The lowest BCUT2D eigenvalue weighted by molar-refractivity contribution is 0.524. The van der Waals surface area contributed by atoms with Crippen LogP contribution in [0.15, 0.2) is 39.9 Å². The second-order valence-corrected chi connectivity index (χ2v) is 8.14. The van der Waals surface area contributed by atoms with E-state index in [0.29, 0.717) is 17.7 Å². The van der Waals surface area contributed by atoms with E-state index < -0.39 is 0 Å². The lowest BCUT2D eigenvalue weighted by Crippen LogP contribution is -2.40. The minimum atomic E-state index is -0.275. The second-order valence-electron chi connectivity index (χ2n) is 8.14. The maximum absolute atomic E-state index is 13.3. The van der Waals surface area contributed by atoms with Gasteiger partial charge in [-0.3, -0.25) is 13.9 Å². The number of rotatable bonds is 8. The first-order valence-corrected chi connectivity index (χ1v) is 11.2. The summed E-state index contributed by atoms with van der Waals surface area (Å²) in [5, 5.41) is 0. The smallest absolute Gasteiger partial charge is 0.312 e. The summed E-state index contributed by atoms with van der Waals surface area (Å²) in [6.07, 6.45) is 7.64. The Balaban J connectivity index is 1.70. The van der Waals surface area contributed by atoms with Crippen LogP contribution in [-0.2, 0) is 20.1 Å². The van der Waals surface area contributed by atoms with E-state index in [1.54, 1.807) is 7.05 Å². The zero-order valence-electron chi connectivity index (χ0n) is 18.0. The van der Waals surface area contributed by atoms with Gasteiger partial charge in [0, 0.05) is 32.4 Å². The largest absolute Gasteiger partial charge is 0.332 e. The summed E-state index contributed by atoms with van der Waals surface area (Å²) in [5.74, 6) is 0.742. The molecule has 2 aromatic heterocycles. The molecule has 0 bridgehead atoms. The van der Waals surface area contributed by atoms with Gasteiger partial charge in [-0.05, 0) is 25.0 Å². The molecule has 4 rings (SSSR count). The maximum atomic E-state index is 13.3. The highest BCUT2D eigenvalue weighted by atomic mass is 16.2. The fraction of sp³-hybridized carbons (Fsp3) is 0.522. The summed E-state index contributed by atoms with van der Waals surface area (Å²) >= 11 is 0. The number of nitrogens with zero attached hydrogens (tertiary/aromatic N) is 5. The van der Waals surface area contributed by atoms with Gasteiger partial charge in [0.2, 0.25) is 5.95 Å². The third-order valence-electron chi connectivity index (χ3n) is 6.02. The molecule has 7 heteroatoms. The Morgan fingerprint density at radius 3 is 2.47 bits per heavy atom. The summed E-state index contributed by atoms with van der Waals surface area (Å²) in [5.41, 5.74) is 1.57. The van der Waals surface area contributed by atoms with Crippen LogP contribution in [0.5, 0.6) is 0 Å². The SMILES string of the molecule is CCCCCCCCn1c(=O)c2c(nc3n2CCCN3c2ccccc2)n(C)c1=O. The molecule has 0 saturated carbocycles. The first-order chi connectivity index (χ1) is 14.6. The maximum Gasteiger partial charge on any atom is 0.332 e. The van der Waals surface area contributed by atoms with Gasteiger partial charge in [0.1, 0.15) is 0 Å². The molecule has 0 unspecified atom stereocenters. The Hall–Kier alpha value is -2.83. The lowest BCUT2D eigenvalue weighted by Gasteiger charge is -2.28. The van der Waals surface area contributed by atoms with Crippen LogP contribution >= 0.6 is 0 Å². The van der Waals surface area contributed by atoms with Crippen molar-refractivity contribution < 1.29 is 0 Å². The van der Waals surface area contributed by atoms with Crippen molar-refractivity contribution >= 4 is 22.8 Å². The molecule has 0 spiro atoms. The number of fused-ring (bicyclic) bond motifs is 3. The summed E-state index contributed by atoms with van der Waals surface area (Å²) in [4.78, 5) is 33.1. The van der Waals surface area contributed by atoms with Crippen LogP contribution in [0.3, 0.4) is 0 Å². The van der Waals surface area contributed by atoms with Gasteiger partial charge in [-0.2, -0.15) is 4.98 Å². The lowest BCUT2D eigenvalue weighted by atomic mass is 10.1. The molecule has 3 aromatic rings.